The molecule has 17 atom stereocenters. The number of allylic oxidation sites excluding steroid dienone is 23. The van der Waals surface area contributed by atoms with E-state index in [2.05, 4.69) is 153 Å². The minimum Gasteiger partial charge on any atom is -0.394 e. The lowest BCUT2D eigenvalue weighted by Crippen LogP contribution is -2.66. The number of carbonyl (C=O) groups excluding carboxylic acids is 1. The van der Waals surface area contributed by atoms with Crippen molar-refractivity contribution in [3.63, 3.8) is 0 Å². The second-order valence-corrected chi connectivity index (χ2v) is 23.9. The number of ether oxygens (including phenoxy) is 6. The van der Waals surface area contributed by atoms with Crippen LogP contribution in [0.4, 0.5) is 0 Å². The standard InChI is InChI=1S/C74H119NO18/c1-3-5-7-9-11-13-15-17-19-20-21-22-23-24-25-26-27-28-29-30-31-32-33-34-35-36-38-40-42-44-46-48-50-52-62(80)75-57(58(79)51-49-47-45-43-41-39-37-18-16-14-12-10-8-6-4-2)56-88-72-68(86)65(83)70(60(54-77)90-72)93-74-69(87)66(84)71(61(55-78)91-74)92-73-67(85)64(82)63(81)59(53-76)89-73/h5,7,11,13,17,19,21-22,24-25,27-28,30-31,33-34,36,38,41-44,49,51,57-61,63-74,76-79,81-87H,3-4,6,8-10,12,14-16,18,20,23,26,29,32,35,37,39-40,45-48,50,52-56H2,1-2H3,(H,75,80)/b7-5-,13-11-,19-17-,22-21-,25-24-,28-27-,31-30-,34-33-,38-36-,43-41+,44-42-,51-49+. The first kappa shape index (κ1) is 82.9. The van der Waals surface area contributed by atoms with Crippen LogP contribution in [-0.4, -0.2) is 193 Å². The van der Waals surface area contributed by atoms with Crippen LogP contribution in [0.15, 0.2) is 146 Å². The second-order valence-electron chi connectivity index (χ2n) is 23.9. The van der Waals surface area contributed by atoms with E-state index >= 15 is 0 Å². The Labute approximate surface area is 555 Å². The summed E-state index contributed by atoms with van der Waals surface area (Å²) < 4.78 is 34.3. The Morgan fingerprint density at radius 2 is 0.753 bits per heavy atom. The van der Waals surface area contributed by atoms with Gasteiger partial charge in [0.15, 0.2) is 18.9 Å². The average molecular weight is 1310 g/mol. The Balaban J connectivity index is 1.44. The van der Waals surface area contributed by atoms with Crippen LogP contribution >= 0.6 is 0 Å². The SMILES string of the molecule is CC/C=C\C/C=C\C/C=C\C/C=C\C/C=C\C/C=C\C/C=C\C/C=C\C/C=C\C/C=C\CCCCC(=O)NC(COC1OC(CO)C(OC2OC(CO)C(OC3OC(CO)C(O)C(O)C3O)C(O)C2O)C(O)C1O)C(O)/C=C/CC/C=C/CCCCCCCCCCC. The number of unbranched alkanes of at least 4 members (excludes halogenated alkanes) is 12. The first-order valence-electron chi connectivity index (χ1n) is 34.6. The maximum absolute atomic E-state index is 13.4. The van der Waals surface area contributed by atoms with Crippen molar-refractivity contribution in [2.75, 3.05) is 26.4 Å². The zero-order valence-electron chi connectivity index (χ0n) is 55.7. The van der Waals surface area contributed by atoms with Gasteiger partial charge in [-0.2, -0.15) is 0 Å². The number of carbonyl (C=O) groups is 1. The van der Waals surface area contributed by atoms with Crippen molar-refractivity contribution in [1.29, 1.82) is 0 Å². The fourth-order valence-corrected chi connectivity index (χ4v) is 10.5. The van der Waals surface area contributed by atoms with Gasteiger partial charge >= 0.3 is 0 Å². The molecule has 3 fully saturated rings. The highest BCUT2D eigenvalue weighted by molar-refractivity contribution is 5.76. The van der Waals surface area contributed by atoms with Gasteiger partial charge in [-0.1, -0.05) is 211 Å². The Morgan fingerprint density at radius 1 is 0.398 bits per heavy atom. The van der Waals surface area contributed by atoms with E-state index in [1.165, 1.54) is 51.4 Å². The molecule has 1 amide bonds. The summed E-state index contributed by atoms with van der Waals surface area (Å²) in [6.45, 7) is 1.53. The molecule has 3 aliphatic rings. The molecular formula is C74H119NO18. The normalized spacial score (nSPS) is 28.5. The highest BCUT2D eigenvalue weighted by atomic mass is 16.8. The van der Waals surface area contributed by atoms with E-state index in [1.54, 1.807) is 6.08 Å². The zero-order chi connectivity index (χ0) is 67.5. The maximum atomic E-state index is 13.4. The van der Waals surface area contributed by atoms with Gasteiger partial charge in [-0.05, 0) is 109 Å². The molecule has 19 nitrogen and oxygen atoms in total. The zero-order valence-corrected chi connectivity index (χ0v) is 55.7. The third-order valence-electron chi connectivity index (χ3n) is 16.1. The molecule has 3 saturated heterocycles. The predicted molar refractivity (Wildman–Crippen MR) is 364 cm³/mol. The van der Waals surface area contributed by atoms with Gasteiger partial charge in [0, 0.05) is 6.42 Å². The quantitative estimate of drug-likeness (QED) is 0.0199. The van der Waals surface area contributed by atoms with Gasteiger partial charge < -0.3 is 89.9 Å². The molecule has 0 bridgehead atoms. The van der Waals surface area contributed by atoms with E-state index in [9.17, 15) is 61.0 Å². The van der Waals surface area contributed by atoms with Crippen LogP contribution in [0.2, 0.25) is 0 Å². The molecule has 0 spiro atoms. The summed E-state index contributed by atoms with van der Waals surface area (Å²) in [4.78, 5) is 13.4. The van der Waals surface area contributed by atoms with E-state index < -0.39 is 131 Å². The summed E-state index contributed by atoms with van der Waals surface area (Å²) >= 11 is 0. The molecule has 0 aromatic rings. The Kier molecular flexibility index (Phi) is 47.9. The van der Waals surface area contributed by atoms with Gasteiger partial charge in [-0.25, -0.2) is 0 Å². The number of rotatable bonds is 50. The van der Waals surface area contributed by atoms with Crippen molar-refractivity contribution in [2.24, 2.45) is 0 Å². The van der Waals surface area contributed by atoms with Crippen molar-refractivity contribution in [1.82, 2.24) is 5.32 Å². The van der Waals surface area contributed by atoms with Gasteiger partial charge in [0.05, 0.1) is 38.6 Å². The third-order valence-corrected chi connectivity index (χ3v) is 16.1. The highest BCUT2D eigenvalue weighted by Gasteiger charge is 2.53. The van der Waals surface area contributed by atoms with E-state index in [0.717, 1.165) is 96.3 Å². The smallest absolute Gasteiger partial charge is 0.220 e. The van der Waals surface area contributed by atoms with Crippen LogP contribution in [0, 0.1) is 0 Å². The minimum atomic E-state index is -1.99. The maximum Gasteiger partial charge on any atom is 0.220 e. The van der Waals surface area contributed by atoms with Crippen LogP contribution in [0.3, 0.4) is 0 Å². The molecule has 12 N–H and O–H groups in total. The molecule has 3 aliphatic heterocycles. The third kappa shape index (κ3) is 35.5. The molecule has 17 unspecified atom stereocenters. The van der Waals surface area contributed by atoms with Crippen LogP contribution < -0.4 is 5.32 Å². The van der Waals surface area contributed by atoms with Crippen LogP contribution in [0.1, 0.15) is 181 Å². The molecule has 3 rings (SSSR count). The molecule has 19 heteroatoms. The van der Waals surface area contributed by atoms with E-state index in [-0.39, 0.29) is 12.3 Å². The van der Waals surface area contributed by atoms with Gasteiger partial charge in [0.2, 0.25) is 5.91 Å². The largest absolute Gasteiger partial charge is 0.394 e. The summed E-state index contributed by atoms with van der Waals surface area (Å²) in [6, 6.07) is -1.02. The van der Waals surface area contributed by atoms with Gasteiger partial charge in [0.25, 0.3) is 0 Å². The molecule has 0 aromatic carbocycles. The van der Waals surface area contributed by atoms with Crippen molar-refractivity contribution < 1.29 is 89.4 Å². The molecule has 93 heavy (non-hydrogen) atoms. The Bertz CT molecular complexity index is 2250. The fraction of sp³-hybridized carbons (Fsp3) is 0.662. The Morgan fingerprint density at radius 3 is 1.20 bits per heavy atom. The summed E-state index contributed by atoms with van der Waals surface area (Å²) in [6.07, 6.45) is 49.7. The van der Waals surface area contributed by atoms with Crippen LogP contribution in [0.25, 0.3) is 0 Å². The second kappa shape index (κ2) is 53.8. The van der Waals surface area contributed by atoms with Crippen molar-refractivity contribution in [2.45, 2.75) is 285 Å². The predicted octanol–water partition coefficient (Wildman–Crippen LogP) is 9.15. The average Bonchev–Trinajstić information content (AvgIpc) is 0.902. The number of aliphatic hydroxyl groups excluding tert-OH is 11. The van der Waals surface area contributed by atoms with E-state index in [1.807, 2.05) is 6.08 Å². The number of nitrogens with one attached hydrogen (secondary N) is 1. The summed E-state index contributed by atoms with van der Waals surface area (Å²) in [7, 11) is 0. The number of aliphatic hydroxyl groups is 11. The summed E-state index contributed by atoms with van der Waals surface area (Å²) in [5, 5.41) is 120. The lowest BCUT2D eigenvalue weighted by molar-refractivity contribution is -0.379. The van der Waals surface area contributed by atoms with Crippen molar-refractivity contribution in [3.8, 4) is 0 Å². The molecule has 0 aliphatic carbocycles. The molecule has 0 aromatic heterocycles. The lowest BCUT2D eigenvalue weighted by atomic mass is 9.96. The van der Waals surface area contributed by atoms with Gasteiger partial charge in [0.1, 0.15) is 73.2 Å². The van der Waals surface area contributed by atoms with Crippen molar-refractivity contribution >= 4 is 5.91 Å². The van der Waals surface area contributed by atoms with Gasteiger partial charge in [-0.15, -0.1) is 0 Å². The molecule has 0 radical (unpaired) electrons. The van der Waals surface area contributed by atoms with Crippen molar-refractivity contribution in [3.05, 3.63) is 146 Å². The first-order chi connectivity index (χ1) is 45.3. The van der Waals surface area contributed by atoms with E-state index in [4.69, 9.17) is 28.4 Å². The van der Waals surface area contributed by atoms with Gasteiger partial charge in [-0.3, -0.25) is 4.79 Å². The monoisotopic (exact) mass is 1310 g/mol. The topological polar surface area (TPSA) is 307 Å². The molecule has 528 valence electrons. The van der Waals surface area contributed by atoms with Crippen LogP contribution in [0.5, 0.6) is 0 Å². The number of hydrogen-bond acceptors (Lipinski definition) is 18. The fourth-order valence-electron chi connectivity index (χ4n) is 10.5. The highest BCUT2D eigenvalue weighted by Crippen LogP contribution is 2.33. The first-order valence-corrected chi connectivity index (χ1v) is 34.6. The number of hydrogen-bond donors (Lipinski definition) is 12. The summed E-state index contributed by atoms with van der Waals surface area (Å²) in [5.41, 5.74) is 0. The minimum absolute atomic E-state index is 0.170. The lowest BCUT2D eigenvalue weighted by Gasteiger charge is -2.48. The Hall–Kier alpha value is -4.33. The molecule has 0 saturated carbocycles. The van der Waals surface area contributed by atoms with Crippen LogP contribution in [-0.2, 0) is 33.2 Å². The molecule has 3 heterocycles. The summed E-state index contributed by atoms with van der Waals surface area (Å²) in [5.74, 6) is -0.335. The number of amides is 1. The van der Waals surface area contributed by atoms with E-state index in [0.29, 0.717) is 12.8 Å². The molecular weight excluding hydrogens is 1190 g/mol.